The van der Waals surface area contributed by atoms with Crippen LogP contribution < -0.4 is 0 Å². The number of hydrogen-bond acceptors (Lipinski definition) is 3. The fraction of sp³-hybridized carbons (Fsp3) is 0.417. The number of rotatable bonds is 5. The maximum Gasteiger partial charge on any atom is 0.305 e. The molecule has 0 saturated carbocycles. The van der Waals surface area contributed by atoms with Gasteiger partial charge in [-0.15, -0.1) is 0 Å². The molecule has 1 amide bonds. The summed E-state index contributed by atoms with van der Waals surface area (Å²) in [4.78, 5) is 27.9. The van der Waals surface area contributed by atoms with Crippen LogP contribution >= 0.6 is 0 Å². The molecular formula is C12H16N2O3. The number of carboxylic acid groups (broad SMARTS) is 1. The summed E-state index contributed by atoms with van der Waals surface area (Å²) >= 11 is 0. The number of aryl methyl sites for hydroxylation is 1. The van der Waals surface area contributed by atoms with E-state index >= 15 is 0 Å². The first-order valence-corrected chi connectivity index (χ1v) is 5.47. The summed E-state index contributed by atoms with van der Waals surface area (Å²) in [5, 5.41) is 8.56. The van der Waals surface area contributed by atoms with Gasteiger partial charge in [0, 0.05) is 19.8 Å². The van der Waals surface area contributed by atoms with Crippen molar-refractivity contribution in [3.63, 3.8) is 0 Å². The van der Waals surface area contributed by atoms with Gasteiger partial charge in [-0.2, -0.15) is 0 Å². The summed E-state index contributed by atoms with van der Waals surface area (Å²) in [6.07, 6.45) is 2.23. The lowest BCUT2D eigenvalue weighted by atomic mass is 10.1. The Morgan fingerprint density at radius 3 is 2.76 bits per heavy atom. The van der Waals surface area contributed by atoms with E-state index in [0.29, 0.717) is 5.69 Å². The van der Waals surface area contributed by atoms with Gasteiger partial charge in [0.05, 0.1) is 6.42 Å². The molecule has 0 aliphatic rings. The Kier molecular flexibility index (Phi) is 4.63. The van der Waals surface area contributed by atoms with Crippen molar-refractivity contribution >= 4 is 11.9 Å². The van der Waals surface area contributed by atoms with Crippen LogP contribution in [0.1, 0.15) is 29.4 Å². The van der Waals surface area contributed by atoms with Crippen LogP contribution in [-0.2, 0) is 11.2 Å². The molecule has 0 aliphatic carbocycles. The fourth-order valence-electron chi connectivity index (χ4n) is 1.46. The van der Waals surface area contributed by atoms with E-state index in [2.05, 4.69) is 4.98 Å². The highest BCUT2D eigenvalue weighted by molar-refractivity contribution is 5.93. The summed E-state index contributed by atoms with van der Waals surface area (Å²) in [5.74, 6) is -1.15. The van der Waals surface area contributed by atoms with Gasteiger partial charge < -0.3 is 10.0 Å². The highest BCUT2D eigenvalue weighted by Gasteiger charge is 2.16. The number of carbonyl (C=O) groups excluding carboxylic acids is 1. The van der Waals surface area contributed by atoms with Crippen LogP contribution in [0.5, 0.6) is 0 Å². The monoisotopic (exact) mass is 236 g/mol. The number of hydrogen-bond donors (Lipinski definition) is 1. The zero-order valence-electron chi connectivity index (χ0n) is 10.0. The predicted molar refractivity (Wildman–Crippen MR) is 62.8 cm³/mol. The minimum absolute atomic E-state index is 0.0590. The lowest BCUT2D eigenvalue weighted by Gasteiger charge is -2.16. The van der Waals surface area contributed by atoms with Gasteiger partial charge in [0.25, 0.3) is 5.91 Å². The van der Waals surface area contributed by atoms with Gasteiger partial charge in [-0.25, -0.2) is 0 Å². The Balaban J connectivity index is 2.77. The van der Waals surface area contributed by atoms with Crippen molar-refractivity contribution in [1.82, 2.24) is 9.88 Å². The maximum absolute atomic E-state index is 12.0. The second-order valence-corrected chi connectivity index (χ2v) is 3.74. The third-order valence-electron chi connectivity index (χ3n) is 2.48. The van der Waals surface area contributed by atoms with Gasteiger partial charge in [-0.05, 0) is 18.1 Å². The van der Waals surface area contributed by atoms with Crippen LogP contribution in [0.25, 0.3) is 0 Å². The van der Waals surface area contributed by atoms with E-state index in [0.717, 1.165) is 12.0 Å². The highest BCUT2D eigenvalue weighted by Crippen LogP contribution is 2.09. The molecule has 5 nitrogen and oxygen atoms in total. The summed E-state index contributed by atoms with van der Waals surface area (Å²) in [6.45, 7) is 2.14. The molecule has 0 bridgehead atoms. The SMILES string of the molecule is CCc1cccnc1C(=O)N(C)CCC(=O)O. The molecule has 0 aromatic carbocycles. The molecule has 0 spiro atoms. The standard InChI is InChI=1S/C12H16N2O3/c1-3-9-5-4-7-13-11(9)12(17)14(2)8-6-10(15)16/h4-5,7H,3,6,8H2,1-2H3,(H,15,16). The third-order valence-corrected chi connectivity index (χ3v) is 2.48. The molecule has 1 rings (SSSR count). The second kappa shape index (κ2) is 5.98. The lowest BCUT2D eigenvalue weighted by Crippen LogP contribution is -2.30. The predicted octanol–water partition coefficient (Wildman–Crippen LogP) is 1.19. The second-order valence-electron chi connectivity index (χ2n) is 3.74. The molecule has 1 aromatic rings. The van der Waals surface area contributed by atoms with Crippen molar-refractivity contribution in [2.75, 3.05) is 13.6 Å². The molecular weight excluding hydrogens is 220 g/mol. The lowest BCUT2D eigenvalue weighted by molar-refractivity contribution is -0.137. The zero-order valence-corrected chi connectivity index (χ0v) is 10.0. The van der Waals surface area contributed by atoms with E-state index < -0.39 is 5.97 Å². The fourth-order valence-corrected chi connectivity index (χ4v) is 1.46. The van der Waals surface area contributed by atoms with Crippen LogP contribution in [0, 0.1) is 0 Å². The molecule has 5 heteroatoms. The van der Waals surface area contributed by atoms with Crippen LogP contribution in [0.15, 0.2) is 18.3 Å². The molecule has 1 N–H and O–H groups in total. The van der Waals surface area contributed by atoms with Crippen molar-refractivity contribution in [3.05, 3.63) is 29.6 Å². The van der Waals surface area contributed by atoms with Gasteiger partial charge in [-0.1, -0.05) is 13.0 Å². The number of carboxylic acids is 1. The van der Waals surface area contributed by atoms with Crippen LogP contribution in [0.2, 0.25) is 0 Å². The molecule has 0 saturated heterocycles. The van der Waals surface area contributed by atoms with Gasteiger partial charge in [0.2, 0.25) is 0 Å². The van der Waals surface area contributed by atoms with Crippen molar-refractivity contribution in [1.29, 1.82) is 0 Å². The van der Waals surface area contributed by atoms with E-state index in [4.69, 9.17) is 5.11 Å². The van der Waals surface area contributed by atoms with Crippen molar-refractivity contribution in [2.24, 2.45) is 0 Å². The largest absolute Gasteiger partial charge is 0.481 e. The average molecular weight is 236 g/mol. The van der Waals surface area contributed by atoms with Gasteiger partial charge in [0.1, 0.15) is 5.69 Å². The molecule has 17 heavy (non-hydrogen) atoms. The molecule has 0 unspecified atom stereocenters. The topological polar surface area (TPSA) is 70.5 Å². The van der Waals surface area contributed by atoms with E-state index in [1.165, 1.54) is 4.90 Å². The van der Waals surface area contributed by atoms with Crippen molar-refractivity contribution in [3.8, 4) is 0 Å². The first-order valence-electron chi connectivity index (χ1n) is 5.47. The minimum atomic E-state index is -0.915. The summed E-state index contributed by atoms with van der Waals surface area (Å²) < 4.78 is 0. The number of pyridine rings is 1. The Morgan fingerprint density at radius 2 is 2.18 bits per heavy atom. The highest BCUT2D eigenvalue weighted by atomic mass is 16.4. The molecule has 0 fully saturated rings. The molecule has 1 heterocycles. The van der Waals surface area contributed by atoms with Crippen molar-refractivity contribution < 1.29 is 14.7 Å². The minimum Gasteiger partial charge on any atom is -0.481 e. The molecule has 92 valence electrons. The van der Waals surface area contributed by atoms with E-state index in [1.807, 2.05) is 13.0 Å². The number of carbonyl (C=O) groups is 2. The van der Waals surface area contributed by atoms with E-state index in [-0.39, 0.29) is 18.9 Å². The van der Waals surface area contributed by atoms with Gasteiger partial charge in [-0.3, -0.25) is 14.6 Å². The molecule has 1 aromatic heterocycles. The molecule has 0 aliphatic heterocycles. The first kappa shape index (κ1) is 13.2. The Hall–Kier alpha value is -1.91. The summed E-state index contributed by atoms with van der Waals surface area (Å²) in [5.41, 5.74) is 1.28. The van der Waals surface area contributed by atoms with Crippen molar-refractivity contribution in [2.45, 2.75) is 19.8 Å². The molecule has 0 radical (unpaired) electrons. The van der Waals surface area contributed by atoms with Crippen LogP contribution in [0.3, 0.4) is 0 Å². The zero-order chi connectivity index (χ0) is 12.8. The van der Waals surface area contributed by atoms with Crippen LogP contribution in [0.4, 0.5) is 0 Å². The Labute approximate surface area is 100 Å². The number of aliphatic carboxylic acids is 1. The maximum atomic E-state index is 12.0. The van der Waals surface area contributed by atoms with Gasteiger partial charge >= 0.3 is 5.97 Å². The van der Waals surface area contributed by atoms with E-state index in [1.54, 1.807) is 19.3 Å². The Morgan fingerprint density at radius 1 is 1.47 bits per heavy atom. The number of amides is 1. The number of aromatic nitrogens is 1. The first-order chi connectivity index (χ1) is 8.06. The third kappa shape index (κ3) is 3.55. The number of nitrogens with zero attached hydrogens (tertiary/aromatic N) is 2. The van der Waals surface area contributed by atoms with Crippen LogP contribution in [-0.4, -0.2) is 40.5 Å². The summed E-state index contributed by atoms with van der Waals surface area (Å²) in [6, 6.07) is 3.64. The van der Waals surface area contributed by atoms with E-state index in [9.17, 15) is 9.59 Å². The normalized spacial score (nSPS) is 10.0. The Bertz CT molecular complexity index is 418. The van der Waals surface area contributed by atoms with Gasteiger partial charge in [0.15, 0.2) is 0 Å². The molecule has 0 atom stereocenters. The quantitative estimate of drug-likeness (QED) is 0.833. The average Bonchev–Trinajstić information content (AvgIpc) is 2.34. The smallest absolute Gasteiger partial charge is 0.305 e. The summed E-state index contributed by atoms with van der Waals surface area (Å²) in [7, 11) is 1.58.